The first-order chi connectivity index (χ1) is 4.70. The van der Waals surface area contributed by atoms with Crippen LogP contribution in [0.2, 0.25) is 0 Å². The Labute approximate surface area is 95.0 Å². The zero-order chi connectivity index (χ0) is 7.56. The van der Waals surface area contributed by atoms with Crippen molar-refractivity contribution in [3.05, 3.63) is 0 Å². The summed E-state index contributed by atoms with van der Waals surface area (Å²) in [6.45, 7) is 4.62. The molecule has 0 spiro atoms. The van der Waals surface area contributed by atoms with Gasteiger partial charge in [-0.15, -0.1) is 0 Å². The number of nitrogens with zero attached hydrogens (tertiary/aromatic N) is 1. The number of hydrogen-bond donors (Lipinski definition) is 1. The van der Waals surface area contributed by atoms with Gasteiger partial charge in [0.1, 0.15) is 13.1 Å². The third-order valence-electron chi connectivity index (χ3n) is 2.08. The number of thiol groups is 1. The molecule has 1 rings (SSSR count). The molecule has 1 nitrogen and oxygen atoms in total. The van der Waals surface area contributed by atoms with Crippen LogP contribution in [0.1, 0.15) is 19.8 Å². The van der Waals surface area contributed by atoms with E-state index in [2.05, 4.69) is 36.8 Å². The van der Waals surface area contributed by atoms with Gasteiger partial charge in [-0.25, -0.2) is 0 Å². The van der Waals surface area contributed by atoms with Gasteiger partial charge in [0.15, 0.2) is 0 Å². The van der Waals surface area contributed by atoms with Crippen molar-refractivity contribution in [3.8, 4) is 0 Å². The zero-order valence-electron chi connectivity index (χ0n) is 6.60. The fraction of sp³-hybridized carbons (Fsp3) is 0.857. The quantitative estimate of drug-likeness (QED) is 0.220. The first kappa shape index (κ1) is 12.1. The maximum Gasteiger partial charge on any atom is 1.00 e. The average Bonchev–Trinajstić information content (AvgIpc) is 1.88. The first-order valence-corrected chi connectivity index (χ1v) is 4.67. The number of hydrogen-bond acceptors (Lipinski definition) is 0. The van der Waals surface area contributed by atoms with Crippen molar-refractivity contribution < 1.29 is 27.0 Å². The SMILES string of the molecule is CC1CC[N+](=C(S)[SH2+])CC1.[Ag+]. The molecule has 0 aromatic carbocycles. The van der Waals surface area contributed by atoms with Gasteiger partial charge in [0.25, 0.3) is 0 Å². The van der Waals surface area contributed by atoms with E-state index >= 15 is 0 Å². The Morgan fingerprint density at radius 3 is 2.27 bits per heavy atom. The van der Waals surface area contributed by atoms with Crippen molar-refractivity contribution in [3.63, 3.8) is 0 Å². The van der Waals surface area contributed by atoms with E-state index in [0.717, 1.165) is 23.4 Å². The van der Waals surface area contributed by atoms with Gasteiger partial charge < -0.3 is 0 Å². The maximum atomic E-state index is 4.23. The second-order valence-electron chi connectivity index (χ2n) is 2.99. The molecule has 0 amide bonds. The summed E-state index contributed by atoms with van der Waals surface area (Å²) in [5.74, 6) is 0.899. The van der Waals surface area contributed by atoms with E-state index in [-0.39, 0.29) is 22.4 Å². The molecule has 0 aromatic heterocycles. The molecule has 0 bridgehead atoms. The van der Waals surface area contributed by atoms with Crippen LogP contribution < -0.4 is 0 Å². The molecule has 68 valence electrons. The standard InChI is InChI=1S/C7H13NS2.Ag/c1-6-2-4-8(5-3-6)7(9)10;/h6H,2-5H2,1H3,(H,9,10);/q;+1/p+2. The minimum Gasteiger partial charge on any atom is -0.184 e. The van der Waals surface area contributed by atoms with E-state index in [1.165, 1.54) is 12.8 Å². The zero-order valence-corrected chi connectivity index (χ0v) is 9.98. The summed E-state index contributed by atoms with van der Waals surface area (Å²) in [4.78, 5) is 0. The molecule has 0 atom stereocenters. The van der Waals surface area contributed by atoms with Crippen molar-refractivity contribution in [1.29, 1.82) is 0 Å². The third kappa shape index (κ3) is 4.04. The number of piperidine rings is 1. The van der Waals surface area contributed by atoms with Gasteiger partial charge in [-0.1, -0.05) is 6.92 Å². The third-order valence-corrected chi connectivity index (χ3v) is 2.68. The molecule has 0 aromatic rings. The maximum absolute atomic E-state index is 4.23. The Hall–Kier alpha value is 1.11. The minimum atomic E-state index is 0. The van der Waals surface area contributed by atoms with Gasteiger partial charge in [0.05, 0.1) is 12.6 Å². The summed E-state index contributed by atoms with van der Waals surface area (Å²) in [6.07, 6.45) is 2.60. The minimum absolute atomic E-state index is 0. The molecule has 1 saturated heterocycles. The normalized spacial score (nSPS) is 24.3. The van der Waals surface area contributed by atoms with Gasteiger partial charge in [0.2, 0.25) is 0 Å². The summed E-state index contributed by atoms with van der Waals surface area (Å²) >= 11 is 7.64. The Balaban J connectivity index is 0.000001000. The van der Waals surface area contributed by atoms with Crippen LogP contribution in [-0.4, -0.2) is 22.0 Å². The Morgan fingerprint density at radius 2 is 1.91 bits per heavy atom. The summed E-state index contributed by atoms with van der Waals surface area (Å²) < 4.78 is 3.24. The van der Waals surface area contributed by atoms with E-state index in [1.807, 2.05) is 0 Å². The molecule has 0 aliphatic carbocycles. The van der Waals surface area contributed by atoms with E-state index < -0.39 is 0 Å². The smallest absolute Gasteiger partial charge is 0.184 e. The Morgan fingerprint density at radius 1 is 1.45 bits per heavy atom. The van der Waals surface area contributed by atoms with Crippen LogP contribution in [0.15, 0.2) is 0 Å². The Kier molecular flexibility index (Phi) is 6.28. The molecule has 1 heterocycles. The van der Waals surface area contributed by atoms with Crippen LogP contribution >= 0.6 is 12.6 Å². The van der Waals surface area contributed by atoms with Crippen molar-refractivity contribution in [1.82, 2.24) is 0 Å². The molecule has 1 aliphatic rings. The Bertz CT molecular complexity index is 145. The molecular formula is C7H15AgNS2+3. The molecule has 1 fully saturated rings. The topological polar surface area (TPSA) is 3.01 Å². The van der Waals surface area contributed by atoms with Gasteiger partial charge in [-0.3, -0.25) is 0 Å². The van der Waals surface area contributed by atoms with Crippen molar-refractivity contribution in [2.75, 3.05) is 13.1 Å². The second-order valence-corrected chi connectivity index (χ2v) is 4.31. The first-order valence-electron chi connectivity index (χ1n) is 3.72. The largest absolute Gasteiger partial charge is 1.00 e. The molecule has 11 heavy (non-hydrogen) atoms. The van der Waals surface area contributed by atoms with E-state index in [0.29, 0.717) is 0 Å². The molecule has 0 saturated carbocycles. The van der Waals surface area contributed by atoms with Crippen molar-refractivity contribution in [2.45, 2.75) is 19.8 Å². The summed E-state index contributed by atoms with van der Waals surface area (Å²) in [7, 11) is 0. The van der Waals surface area contributed by atoms with Crippen LogP contribution in [-0.2, 0) is 35.0 Å². The monoisotopic (exact) mass is 284 g/mol. The molecule has 4 heteroatoms. The van der Waals surface area contributed by atoms with Gasteiger partial charge in [-0.05, 0) is 18.5 Å². The van der Waals surface area contributed by atoms with Gasteiger partial charge >= 0.3 is 26.8 Å². The predicted molar refractivity (Wildman–Crippen MR) is 52.5 cm³/mol. The second kappa shape index (κ2) is 5.70. The predicted octanol–water partition coefficient (Wildman–Crippen LogP) is 0.724. The van der Waals surface area contributed by atoms with E-state index in [1.54, 1.807) is 0 Å². The molecule has 1 aliphatic heterocycles. The van der Waals surface area contributed by atoms with E-state index in [4.69, 9.17) is 0 Å². The van der Waals surface area contributed by atoms with Crippen molar-refractivity contribution >= 4 is 29.6 Å². The molecule has 0 N–H and O–H groups in total. The van der Waals surface area contributed by atoms with Crippen molar-refractivity contribution in [2.24, 2.45) is 5.92 Å². The van der Waals surface area contributed by atoms with Crippen LogP contribution in [0.3, 0.4) is 0 Å². The summed E-state index contributed by atoms with van der Waals surface area (Å²) in [5.41, 5.74) is 0. The molecular weight excluding hydrogens is 270 g/mol. The van der Waals surface area contributed by atoms with Crippen LogP contribution in [0, 0.1) is 5.92 Å². The van der Waals surface area contributed by atoms with E-state index in [9.17, 15) is 0 Å². The summed E-state index contributed by atoms with van der Waals surface area (Å²) in [5, 5.41) is 0. The van der Waals surface area contributed by atoms with Crippen LogP contribution in [0.25, 0.3) is 0 Å². The fourth-order valence-electron chi connectivity index (χ4n) is 1.22. The number of rotatable bonds is 0. The van der Waals surface area contributed by atoms with Gasteiger partial charge in [0, 0.05) is 12.8 Å². The van der Waals surface area contributed by atoms with Gasteiger partial charge in [-0.2, -0.15) is 4.58 Å². The van der Waals surface area contributed by atoms with Crippen LogP contribution in [0.5, 0.6) is 0 Å². The average molecular weight is 285 g/mol. The molecule has 0 radical (unpaired) electrons. The van der Waals surface area contributed by atoms with Crippen LogP contribution in [0.4, 0.5) is 0 Å². The molecule has 0 unspecified atom stereocenters. The fourth-order valence-corrected chi connectivity index (χ4v) is 1.64. The summed E-state index contributed by atoms with van der Waals surface area (Å²) in [6, 6.07) is 0.